The van der Waals surface area contributed by atoms with Gasteiger partial charge < -0.3 is 5.73 Å². The Morgan fingerprint density at radius 3 is 2.91 bits per heavy atom. The van der Waals surface area contributed by atoms with Gasteiger partial charge in [0.25, 0.3) is 0 Å². The van der Waals surface area contributed by atoms with Crippen molar-refractivity contribution in [2.45, 2.75) is 11.8 Å². The number of hydrogen-bond acceptors (Lipinski definition) is 4. The van der Waals surface area contributed by atoms with E-state index in [0.29, 0.717) is 5.82 Å². The van der Waals surface area contributed by atoms with Crippen molar-refractivity contribution in [1.82, 2.24) is 4.98 Å². The van der Waals surface area contributed by atoms with Crippen molar-refractivity contribution in [3.05, 3.63) is 18.3 Å². The minimum atomic E-state index is 0.579. The molecule has 0 fully saturated rings. The number of pyridine rings is 1. The average Bonchev–Trinajstić information content (AvgIpc) is 2.04. The first kappa shape index (κ1) is 8.74. The van der Waals surface area contributed by atoms with E-state index >= 15 is 0 Å². The summed E-state index contributed by atoms with van der Waals surface area (Å²) in [5.41, 5.74) is 5.43. The van der Waals surface area contributed by atoms with Gasteiger partial charge in [-0.1, -0.05) is 28.5 Å². The van der Waals surface area contributed by atoms with Gasteiger partial charge in [-0.25, -0.2) is 4.98 Å². The standard InChI is InChI=1S/C7H10N2S2/c1-2-10-11-6-3-4-7(8)9-5-6/h3-5H,2H2,1H3,(H2,8,9). The number of nitrogen functional groups attached to an aromatic ring is 1. The van der Waals surface area contributed by atoms with Crippen LogP contribution in [0.15, 0.2) is 23.2 Å². The zero-order valence-corrected chi connectivity index (χ0v) is 7.91. The van der Waals surface area contributed by atoms with E-state index in [-0.39, 0.29) is 0 Å². The van der Waals surface area contributed by atoms with Crippen molar-refractivity contribution in [2.75, 3.05) is 11.5 Å². The van der Waals surface area contributed by atoms with Crippen LogP contribution in [-0.2, 0) is 0 Å². The summed E-state index contributed by atoms with van der Waals surface area (Å²) in [4.78, 5) is 5.13. The topological polar surface area (TPSA) is 38.9 Å². The third-order valence-electron chi connectivity index (χ3n) is 1.03. The maximum absolute atomic E-state index is 5.43. The highest BCUT2D eigenvalue weighted by atomic mass is 33.1. The molecular formula is C7H10N2S2. The van der Waals surface area contributed by atoms with Crippen LogP contribution >= 0.6 is 21.6 Å². The summed E-state index contributed by atoms with van der Waals surface area (Å²) in [6, 6.07) is 3.80. The molecule has 0 aliphatic heterocycles. The monoisotopic (exact) mass is 186 g/mol. The maximum Gasteiger partial charge on any atom is 0.123 e. The molecule has 0 saturated heterocycles. The van der Waals surface area contributed by atoms with Crippen molar-refractivity contribution < 1.29 is 0 Å². The molecule has 1 aromatic heterocycles. The molecule has 0 unspecified atom stereocenters. The number of anilines is 1. The molecule has 0 aromatic carbocycles. The fourth-order valence-corrected chi connectivity index (χ4v) is 2.10. The first-order chi connectivity index (χ1) is 5.33. The predicted molar refractivity (Wildman–Crippen MR) is 52.6 cm³/mol. The Kier molecular flexibility index (Phi) is 3.59. The molecule has 0 spiro atoms. The normalized spacial score (nSPS) is 9.91. The molecule has 0 atom stereocenters. The van der Waals surface area contributed by atoms with Crippen LogP contribution in [0, 0.1) is 0 Å². The van der Waals surface area contributed by atoms with Crippen molar-refractivity contribution >= 4 is 27.4 Å². The van der Waals surface area contributed by atoms with E-state index in [1.54, 1.807) is 27.8 Å². The lowest BCUT2D eigenvalue weighted by molar-refractivity contribution is 1.25. The predicted octanol–water partition coefficient (Wildman–Crippen LogP) is 2.42. The lowest BCUT2D eigenvalue weighted by Gasteiger charge is -1.97. The fourth-order valence-electron chi connectivity index (χ4n) is 0.568. The van der Waals surface area contributed by atoms with Gasteiger partial charge >= 0.3 is 0 Å². The van der Waals surface area contributed by atoms with Crippen LogP contribution in [0.4, 0.5) is 5.82 Å². The number of nitrogens with two attached hydrogens (primary N) is 1. The van der Waals surface area contributed by atoms with E-state index in [1.807, 2.05) is 12.1 Å². The second-order valence-corrected chi connectivity index (χ2v) is 4.57. The quantitative estimate of drug-likeness (QED) is 0.736. The molecule has 1 rings (SSSR count). The van der Waals surface area contributed by atoms with Crippen LogP contribution in [0.1, 0.15) is 6.92 Å². The largest absolute Gasteiger partial charge is 0.384 e. The first-order valence-electron chi connectivity index (χ1n) is 3.34. The Hall–Kier alpha value is -0.350. The van der Waals surface area contributed by atoms with Gasteiger partial charge in [0.2, 0.25) is 0 Å². The van der Waals surface area contributed by atoms with Gasteiger partial charge in [-0.2, -0.15) is 0 Å². The van der Waals surface area contributed by atoms with Gasteiger partial charge in [0.05, 0.1) is 0 Å². The molecule has 60 valence electrons. The highest BCUT2D eigenvalue weighted by Crippen LogP contribution is 2.29. The van der Waals surface area contributed by atoms with E-state index in [2.05, 4.69) is 11.9 Å². The Morgan fingerprint density at radius 2 is 2.36 bits per heavy atom. The molecule has 0 aliphatic carbocycles. The Balaban J connectivity index is 2.52. The van der Waals surface area contributed by atoms with Gasteiger partial charge in [0.15, 0.2) is 0 Å². The third-order valence-corrected chi connectivity index (χ3v) is 3.46. The lowest BCUT2D eigenvalue weighted by Crippen LogP contribution is -1.87. The van der Waals surface area contributed by atoms with E-state index in [4.69, 9.17) is 5.73 Å². The Bertz CT molecular complexity index is 210. The Labute approximate surface area is 74.4 Å². The van der Waals surface area contributed by atoms with E-state index < -0.39 is 0 Å². The molecule has 2 N–H and O–H groups in total. The molecule has 0 aliphatic rings. The zero-order chi connectivity index (χ0) is 8.10. The summed E-state index contributed by atoms with van der Waals surface area (Å²) in [6.07, 6.45) is 1.79. The zero-order valence-electron chi connectivity index (χ0n) is 6.28. The summed E-state index contributed by atoms with van der Waals surface area (Å²) in [6.45, 7) is 2.13. The van der Waals surface area contributed by atoms with Crippen LogP contribution in [0.3, 0.4) is 0 Å². The van der Waals surface area contributed by atoms with Gasteiger partial charge in [-0.3, -0.25) is 0 Å². The van der Waals surface area contributed by atoms with Crippen LogP contribution in [0.2, 0.25) is 0 Å². The minimum absolute atomic E-state index is 0.579. The summed E-state index contributed by atoms with van der Waals surface area (Å²) in [5, 5.41) is 0. The van der Waals surface area contributed by atoms with Crippen LogP contribution < -0.4 is 5.73 Å². The number of aromatic nitrogens is 1. The average molecular weight is 186 g/mol. The summed E-state index contributed by atoms with van der Waals surface area (Å²) in [7, 11) is 3.53. The van der Waals surface area contributed by atoms with Crippen molar-refractivity contribution in [3.63, 3.8) is 0 Å². The van der Waals surface area contributed by atoms with Gasteiger partial charge in [-0.05, 0) is 12.1 Å². The van der Waals surface area contributed by atoms with E-state index in [0.717, 1.165) is 10.6 Å². The molecule has 1 heterocycles. The molecule has 4 heteroatoms. The summed E-state index contributed by atoms with van der Waals surface area (Å²) < 4.78 is 0. The SMILES string of the molecule is CCSSc1ccc(N)nc1. The Morgan fingerprint density at radius 1 is 1.55 bits per heavy atom. The maximum atomic E-state index is 5.43. The molecule has 0 bridgehead atoms. The number of hydrogen-bond donors (Lipinski definition) is 1. The van der Waals surface area contributed by atoms with E-state index in [9.17, 15) is 0 Å². The van der Waals surface area contributed by atoms with Gasteiger partial charge in [-0.15, -0.1) is 0 Å². The molecular weight excluding hydrogens is 176 g/mol. The molecule has 0 saturated carbocycles. The van der Waals surface area contributed by atoms with Gasteiger partial charge in [0.1, 0.15) is 5.82 Å². The minimum Gasteiger partial charge on any atom is -0.384 e. The number of nitrogens with zero attached hydrogens (tertiary/aromatic N) is 1. The van der Waals surface area contributed by atoms with Crippen LogP contribution in [0.5, 0.6) is 0 Å². The van der Waals surface area contributed by atoms with Crippen molar-refractivity contribution in [1.29, 1.82) is 0 Å². The van der Waals surface area contributed by atoms with Crippen LogP contribution in [-0.4, -0.2) is 10.7 Å². The summed E-state index contributed by atoms with van der Waals surface area (Å²) in [5.74, 6) is 1.69. The first-order valence-corrected chi connectivity index (χ1v) is 5.66. The molecule has 0 radical (unpaired) electrons. The van der Waals surface area contributed by atoms with Crippen LogP contribution in [0.25, 0.3) is 0 Å². The molecule has 2 nitrogen and oxygen atoms in total. The second kappa shape index (κ2) is 4.51. The van der Waals surface area contributed by atoms with E-state index in [1.165, 1.54) is 0 Å². The highest BCUT2D eigenvalue weighted by molar-refractivity contribution is 8.76. The molecule has 0 amide bonds. The highest BCUT2D eigenvalue weighted by Gasteiger charge is 1.92. The lowest BCUT2D eigenvalue weighted by atomic mass is 10.5. The van der Waals surface area contributed by atoms with Crippen molar-refractivity contribution in [3.8, 4) is 0 Å². The molecule has 1 aromatic rings. The van der Waals surface area contributed by atoms with Gasteiger partial charge in [0, 0.05) is 16.8 Å². The molecule has 11 heavy (non-hydrogen) atoms. The second-order valence-electron chi connectivity index (χ2n) is 1.91. The van der Waals surface area contributed by atoms with Crippen molar-refractivity contribution in [2.24, 2.45) is 0 Å². The number of rotatable bonds is 3. The summed E-state index contributed by atoms with van der Waals surface area (Å²) >= 11 is 0. The third kappa shape index (κ3) is 3.03. The fraction of sp³-hybridized carbons (Fsp3) is 0.286. The smallest absolute Gasteiger partial charge is 0.123 e.